The number of nitro groups is 1. The number of anilines is 2. The average Bonchev–Trinajstić information content (AvgIpc) is 2.91. The van der Waals surface area contributed by atoms with Crippen molar-refractivity contribution in [1.82, 2.24) is 5.32 Å². The molecule has 0 saturated carbocycles. The van der Waals surface area contributed by atoms with E-state index in [2.05, 4.69) is 5.32 Å². The molecule has 198 valence electrons. The first kappa shape index (κ1) is 26.8. The smallest absolute Gasteiger partial charge is 0.335 e. The number of non-ortho nitro benzene ring substituents is 1. The van der Waals surface area contributed by atoms with Gasteiger partial charge in [0.25, 0.3) is 23.4 Å². The molecule has 0 unspecified atom stereocenters. The number of benzene rings is 3. The van der Waals surface area contributed by atoms with Crippen LogP contribution in [-0.4, -0.2) is 42.4 Å². The van der Waals surface area contributed by atoms with E-state index in [1.165, 1.54) is 43.5 Å². The second-order valence-corrected chi connectivity index (χ2v) is 8.39. The van der Waals surface area contributed by atoms with Gasteiger partial charge in [-0.25, -0.2) is 9.69 Å². The van der Waals surface area contributed by atoms with E-state index in [0.29, 0.717) is 16.3 Å². The quantitative estimate of drug-likeness (QED) is 0.185. The minimum Gasteiger partial charge on any atom is -0.495 e. The lowest BCUT2D eigenvalue weighted by Crippen LogP contribution is -2.54. The number of halogens is 1. The number of amides is 5. The second-order valence-electron chi connectivity index (χ2n) is 7.95. The third-order valence-electron chi connectivity index (χ3n) is 5.41. The molecule has 1 aliphatic heterocycles. The van der Waals surface area contributed by atoms with Crippen molar-refractivity contribution in [2.45, 2.75) is 0 Å². The molecule has 0 bridgehead atoms. The number of rotatable bonds is 8. The highest BCUT2D eigenvalue weighted by Gasteiger charge is 2.37. The summed E-state index contributed by atoms with van der Waals surface area (Å²) in [7, 11) is 1.46. The number of ether oxygens (including phenoxy) is 2. The van der Waals surface area contributed by atoms with Crippen LogP contribution in [0.2, 0.25) is 5.02 Å². The molecule has 0 atom stereocenters. The Morgan fingerprint density at radius 3 is 2.59 bits per heavy atom. The Hall–Kier alpha value is -5.23. The van der Waals surface area contributed by atoms with E-state index in [9.17, 15) is 29.3 Å². The van der Waals surface area contributed by atoms with Crippen molar-refractivity contribution in [3.63, 3.8) is 0 Å². The Labute approximate surface area is 225 Å². The highest BCUT2D eigenvalue weighted by molar-refractivity contribution is 6.39. The zero-order valence-corrected chi connectivity index (χ0v) is 20.9. The lowest BCUT2D eigenvalue weighted by molar-refractivity contribution is -0.384. The van der Waals surface area contributed by atoms with Gasteiger partial charge in [0.2, 0.25) is 0 Å². The summed E-state index contributed by atoms with van der Waals surface area (Å²) in [5, 5.41) is 16.1. The third kappa shape index (κ3) is 6.02. The molecule has 1 aliphatic rings. The summed E-state index contributed by atoms with van der Waals surface area (Å²) < 4.78 is 10.8. The van der Waals surface area contributed by atoms with Crippen LogP contribution in [0, 0.1) is 10.1 Å². The van der Waals surface area contributed by atoms with E-state index in [-0.39, 0.29) is 27.7 Å². The van der Waals surface area contributed by atoms with Gasteiger partial charge in [0.05, 0.1) is 23.4 Å². The molecule has 0 spiro atoms. The van der Waals surface area contributed by atoms with Crippen molar-refractivity contribution in [2.24, 2.45) is 0 Å². The van der Waals surface area contributed by atoms with Crippen LogP contribution in [0.4, 0.5) is 21.9 Å². The van der Waals surface area contributed by atoms with E-state index >= 15 is 0 Å². The maximum Gasteiger partial charge on any atom is 0.335 e. The molecule has 4 rings (SSSR count). The minimum atomic E-state index is -1.07. The number of carbonyl (C=O) groups is 4. The van der Waals surface area contributed by atoms with E-state index in [0.717, 1.165) is 12.1 Å². The van der Waals surface area contributed by atoms with Crippen molar-refractivity contribution in [1.29, 1.82) is 0 Å². The third-order valence-corrected chi connectivity index (χ3v) is 5.65. The molecule has 2 N–H and O–H groups in total. The van der Waals surface area contributed by atoms with E-state index in [1.807, 2.05) is 5.32 Å². The maximum absolute atomic E-state index is 13.2. The Balaban J connectivity index is 1.60. The minimum absolute atomic E-state index is 0.110. The highest BCUT2D eigenvalue weighted by atomic mass is 35.5. The summed E-state index contributed by atoms with van der Waals surface area (Å²) in [6.45, 7) is -0.436. The normalized spacial score (nSPS) is 14.2. The standard InChI is InChI=1S/C26H19ClN4O8/c1-38-22-8-3-2-7-20(22)28-23(32)14-39-21-10-9-16(27)11-15(21)12-19-24(33)29-26(35)30(25(19)34)17-5-4-6-18(13-17)31(36)37/h2-13H,14H2,1H3,(H,28,32)(H,29,33,35)/b19-12-. The molecule has 1 saturated heterocycles. The number of nitrogens with one attached hydrogen (secondary N) is 2. The van der Waals surface area contributed by atoms with Gasteiger partial charge in [-0.2, -0.15) is 0 Å². The zero-order chi connectivity index (χ0) is 28.1. The van der Waals surface area contributed by atoms with Crippen molar-refractivity contribution in [3.8, 4) is 11.5 Å². The number of hydrogen-bond acceptors (Lipinski definition) is 8. The SMILES string of the molecule is COc1ccccc1NC(=O)COc1ccc(Cl)cc1/C=C1/C(=O)NC(=O)N(c2cccc([N+](=O)[O-])c2)C1=O. The molecule has 0 radical (unpaired) electrons. The molecule has 12 nitrogen and oxygen atoms in total. The van der Waals surface area contributed by atoms with Crippen LogP contribution in [-0.2, 0) is 14.4 Å². The molecule has 3 aromatic carbocycles. The molecule has 1 fully saturated rings. The number of barbiturate groups is 1. The van der Waals surface area contributed by atoms with Crippen LogP contribution in [0.15, 0.2) is 72.3 Å². The molecule has 0 aromatic heterocycles. The van der Waals surface area contributed by atoms with E-state index in [4.69, 9.17) is 21.1 Å². The number of hydrogen-bond donors (Lipinski definition) is 2. The molecule has 1 heterocycles. The first-order valence-corrected chi connectivity index (χ1v) is 11.6. The Morgan fingerprint density at radius 2 is 1.85 bits per heavy atom. The van der Waals surface area contributed by atoms with Gasteiger partial charge < -0.3 is 14.8 Å². The number of urea groups is 1. The van der Waals surface area contributed by atoms with Crippen LogP contribution in [0.3, 0.4) is 0 Å². The fourth-order valence-corrected chi connectivity index (χ4v) is 3.81. The van der Waals surface area contributed by atoms with Gasteiger partial charge >= 0.3 is 6.03 Å². The van der Waals surface area contributed by atoms with Crippen molar-refractivity contribution in [3.05, 3.63) is 93.0 Å². The lowest BCUT2D eigenvalue weighted by atomic mass is 10.1. The first-order chi connectivity index (χ1) is 18.7. The van der Waals surface area contributed by atoms with E-state index in [1.54, 1.807) is 24.3 Å². The molecular weight excluding hydrogens is 532 g/mol. The first-order valence-electron chi connectivity index (χ1n) is 11.2. The molecule has 3 aromatic rings. The van der Waals surface area contributed by atoms with Gasteiger partial charge in [-0.15, -0.1) is 0 Å². The number of nitro benzene ring substituents is 1. The Morgan fingerprint density at radius 1 is 1.08 bits per heavy atom. The fourth-order valence-electron chi connectivity index (χ4n) is 3.63. The number of methoxy groups -OCH3 is 1. The number of para-hydroxylation sites is 2. The van der Waals surface area contributed by atoms with Crippen molar-refractivity contribution in [2.75, 3.05) is 23.9 Å². The predicted octanol–water partition coefficient (Wildman–Crippen LogP) is 3.94. The Bertz CT molecular complexity index is 1540. The van der Waals surface area contributed by atoms with Crippen LogP contribution in [0.25, 0.3) is 6.08 Å². The summed E-state index contributed by atoms with van der Waals surface area (Å²) in [6, 6.07) is 14.9. The summed E-state index contributed by atoms with van der Waals surface area (Å²) in [4.78, 5) is 61.8. The molecule has 13 heteroatoms. The second kappa shape index (κ2) is 11.4. The molecular formula is C26H19ClN4O8. The summed E-state index contributed by atoms with van der Waals surface area (Å²) >= 11 is 6.11. The van der Waals surface area contributed by atoms with Gasteiger partial charge in [-0.05, 0) is 42.5 Å². The zero-order valence-electron chi connectivity index (χ0n) is 20.2. The van der Waals surface area contributed by atoms with Crippen LogP contribution in [0.1, 0.15) is 5.56 Å². The largest absolute Gasteiger partial charge is 0.495 e. The lowest BCUT2D eigenvalue weighted by Gasteiger charge is -2.26. The van der Waals surface area contributed by atoms with Gasteiger partial charge in [0, 0.05) is 22.7 Å². The highest BCUT2D eigenvalue weighted by Crippen LogP contribution is 2.29. The van der Waals surface area contributed by atoms with Gasteiger partial charge in [-0.1, -0.05) is 29.8 Å². The summed E-state index contributed by atoms with van der Waals surface area (Å²) in [6.07, 6.45) is 1.15. The molecule has 5 amide bonds. The maximum atomic E-state index is 13.2. The van der Waals surface area contributed by atoms with Crippen molar-refractivity contribution < 1.29 is 33.6 Å². The summed E-state index contributed by atoms with van der Waals surface area (Å²) in [5.41, 5.74) is -0.332. The number of imide groups is 2. The molecule has 39 heavy (non-hydrogen) atoms. The molecule has 0 aliphatic carbocycles. The van der Waals surface area contributed by atoms with Gasteiger partial charge in [0.15, 0.2) is 6.61 Å². The average molecular weight is 551 g/mol. The van der Waals surface area contributed by atoms with E-state index < -0.39 is 40.9 Å². The number of carbonyl (C=O) groups excluding carboxylic acids is 4. The Kier molecular flexibility index (Phi) is 7.87. The van der Waals surface area contributed by atoms with Crippen LogP contribution >= 0.6 is 11.6 Å². The topological polar surface area (TPSA) is 157 Å². The fraction of sp³-hybridized carbons (Fsp3) is 0.0769. The predicted molar refractivity (Wildman–Crippen MR) is 141 cm³/mol. The van der Waals surface area contributed by atoms with Crippen LogP contribution in [0.5, 0.6) is 11.5 Å². The summed E-state index contributed by atoms with van der Waals surface area (Å²) in [5.74, 6) is -1.97. The van der Waals surface area contributed by atoms with Gasteiger partial charge in [0.1, 0.15) is 17.1 Å². The monoisotopic (exact) mass is 550 g/mol. The van der Waals surface area contributed by atoms with Crippen molar-refractivity contribution >= 4 is 58.5 Å². The number of nitrogens with zero attached hydrogens (tertiary/aromatic N) is 2. The van der Waals surface area contributed by atoms with Crippen LogP contribution < -0.4 is 25.0 Å². The van der Waals surface area contributed by atoms with Gasteiger partial charge in [-0.3, -0.25) is 29.8 Å².